The van der Waals surface area contributed by atoms with Gasteiger partial charge < -0.3 is 10.6 Å². The molecule has 3 aromatic rings. The van der Waals surface area contributed by atoms with Gasteiger partial charge in [-0.3, -0.25) is 14.6 Å². The van der Waals surface area contributed by atoms with Gasteiger partial charge >= 0.3 is 0 Å². The number of aromatic nitrogens is 1. The Kier molecular flexibility index (Phi) is 4.83. The van der Waals surface area contributed by atoms with Crippen molar-refractivity contribution in [3.63, 3.8) is 0 Å². The number of carbonyl (C=O) groups is 2. The monoisotopic (exact) mass is 359 g/mol. The Morgan fingerprint density at radius 1 is 1.07 bits per heavy atom. The fourth-order valence-corrected chi connectivity index (χ4v) is 3.63. The van der Waals surface area contributed by atoms with Crippen LogP contribution in [-0.4, -0.2) is 23.3 Å². The van der Waals surface area contributed by atoms with Gasteiger partial charge in [0.25, 0.3) is 5.91 Å². The maximum Gasteiger partial charge on any atom is 0.251 e. The van der Waals surface area contributed by atoms with Crippen molar-refractivity contribution in [3.05, 3.63) is 77.5 Å². The van der Waals surface area contributed by atoms with Gasteiger partial charge in [0, 0.05) is 17.1 Å². The summed E-state index contributed by atoms with van der Waals surface area (Å²) in [5.74, 6) is -0.438. The lowest BCUT2D eigenvalue weighted by atomic mass is 9.88. The second-order valence-corrected chi connectivity index (χ2v) is 6.80. The van der Waals surface area contributed by atoms with Gasteiger partial charge in [-0.1, -0.05) is 30.3 Å². The van der Waals surface area contributed by atoms with E-state index in [9.17, 15) is 9.59 Å². The van der Waals surface area contributed by atoms with Gasteiger partial charge in [-0.05, 0) is 54.7 Å². The molecule has 136 valence electrons. The highest BCUT2D eigenvalue weighted by molar-refractivity contribution is 5.99. The van der Waals surface area contributed by atoms with Gasteiger partial charge in [0.1, 0.15) is 0 Å². The molecule has 1 aliphatic carbocycles. The number of aryl methyl sites for hydroxylation is 1. The molecule has 5 nitrogen and oxygen atoms in total. The molecule has 5 heteroatoms. The average Bonchev–Trinajstić information content (AvgIpc) is 2.72. The molecule has 0 radical (unpaired) electrons. The van der Waals surface area contributed by atoms with Gasteiger partial charge in [-0.25, -0.2) is 0 Å². The number of nitrogens with one attached hydrogen (secondary N) is 2. The number of amides is 2. The molecule has 1 heterocycles. The summed E-state index contributed by atoms with van der Waals surface area (Å²) in [6.45, 7) is -0.0391. The number of carbonyl (C=O) groups excluding carboxylic acids is 2. The minimum Gasteiger partial charge on any atom is -0.348 e. The molecule has 0 unspecified atom stereocenters. The summed E-state index contributed by atoms with van der Waals surface area (Å²) in [7, 11) is 0. The van der Waals surface area contributed by atoms with E-state index in [1.807, 2.05) is 30.3 Å². The molecule has 2 aromatic carbocycles. The van der Waals surface area contributed by atoms with E-state index in [2.05, 4.69) is 27.8 Å². The Morgan fingerprint density at radius 3 is 2.89 bits per heavy atom. The third kappa shape index (κ3) is 3.82. The fourth-order valence-electron chi connectivity index (χ4n) is 3.63. The molecule has 1 aromatic heterocycles. The largest absolute Gasteiger partial charge is 0.348 e. The van der Waals surface area contributed by atoms with Crippen molar-refractivity contribution in [2.75, 3.05) is 6.54 Å². The minimum absolute atomic E-state index is 0.0195. The highest BCUT2D eigenvalue weighted by Gasteiger charge is 2.21. The molecule has 2 amide bonds. The normalized spacial score (nSPS) is 15.8. The number of pyridine rings is 1. The van der Waals surface area contributed by atoms with Crippen molar-refractivity contribution < 1.29 is 9.59 Å². The fraction of sp³-hybridized carbons (Fsp3) is 0.227. The highest BCUT2D eigenvalue weighted by Crippen LogP contribution is 2.29. The first-order valence-corrected chi connectivity index (χ1v) is 9.21. The van der Waals surface area contributed by atoms with Crippen LogP contribution in [0.3, 0.4) is 0 Å². The molecule has 27 heavy (non-hydrogen) atoms. The van der Waals surface area contributed by atoms with Crippen LogP contribution in [0.2, 0.25) is 0 Å². The second kappa shape index (κ2) is 7.58. The predicted octanol–water partition coefficient (Wildman–Crippen LogP) is 3.16. The molecular weight excluding hydrogens is 338 g/mol. The van der Waals surface area contributed by atoms with E-state index in [4.69, 9.17) is 0 Å². The summed E-state index contributed by atoms with van der Waals surface area (Å²) < 4.78 is 0. The number of nitrogens with zero attached hydrogens (tertiary/aromatic N) is 1. The zero-order valence-corrected chi connectivity index (χ0v) is 14.9. The standard InChI is InChI=1S/C22H21N3O2/c26-21(25-20-9-3-6-15-5-1-2-8-18(15)20)14-24-22(27)17-10-11-19-16(13-17)7-4-12-23-19/h1-2,4-5,7-8,10-13,20H,3,6,9,14H2,(H,24,27)(H,25,26)/t20-/m1/s1. The molecule has 0 bridgehead atoms. The quantitative estimate of drug-likeness (QED) is 0.752. The first-order chi connectivity index (χ1) is 13.2. The van der Waals surface area contributed by atoms with Gasteiger partial charge in [0.2, 0.25) is 5.91 Å². The van der Waals surface area contributed by atoms with E-state index < -0.39 is 0 Å². The van der Waals surface area contributed by atoms with Crippen molar-refractivity contribution in [2.45, 2.75) is 25.3 Å². The zero-order valence-electron chi connectivity index (χ0n) is 14.9. The summed E-state index contributed by atoms with van der Waals surface area (Å²) >= 11 is 0. The number of hydrogen-bond acceptors (Lipinski definition) is 3. The lowest BCUT2D eigenvalue weighted by Gasteiger charge is -2.26. The van der Waals surface area contributed by atoms with Crippen LogP contribution in [-0.2, 0) is 11.2 Å². The van der Waals surface area contributed by atoms with Crippen LogP contribution in [0.4, 0.5) is 0 Å². The maximum atomic E-state index is 12.4. The van der Waals surface area contributed by atoms with E-state index in [1.165, 1.54) is 11.1 Å². The van der Waals surface area contributed by atoms with Crippen molar-refractivity contribution >= 4 is 22.7 Å². The van der Waals surface area contributed by atoms with E-state index in [1.54, 1.807) is 18.3 Å². The first-order valence-electron chi connectivity index (χ1n) is 9.21. The van der Waals surface area contributed by atoms with Crippen LogP contribution < -0.4 is 10.6 Å². The maximum absolute atomic E-state index is 12.4. The number of fused-ring (bicyclic) bond motifs is 2. The SMILES string of the molecule is O=C(CNC(=O)c1ccc2ncccc2c1)N[C@@H]1CCCc2ccccc21. The van der Waals surface area contributed by atoms with Crippen molar-refractivity contribution in [1.29, 1.82) is 0 Å². The molecule has 0 aliphatic heterocycles. The Hall–Kier alpha value is -3.21. The third-order valence-corrected chi connectivity index (χ3v) is 4.98. The number of hydrogen-bond donors (Lipinski definition) is 2. The van der Waals surface area contributed by atoms with Crippen LogP contribution in [0.1, 0.15) is 40.4 Å². The smallest absolute Gasteiger partial charge is 0.251 e. The van der Waals surface area contributed by atoms with E-state index in [0.29, 0.717) is 5.56 Å². The molecule has 4 rings (SSSR count). The molecule has 1 aliphatic rings. The Morgan fingerprint density at radius 2 is 1.96 bits per heavy atom. The van der Waals surface area contributed by atoms with Crippen LogP contribution in [0.25, 0.3) is 10.9 Å². The van der Waals surface area contributed by atoms with Crippen molar-refractivity contribution in [3.8, 4) is 0 Å². The topological polar surface area (TPSA) is 71.1 Å². The summed E-state index contributed by atoms with van der Waals surface area (Å²) in [5.41, 5.74) is 3.84. The molecular formula is C22H21N3O2. The van der Waals surface area contributed by atoms with E-state index in [-0.39, 0.29) is 24.4 Å². The first kappa shape index (κ1) is 17.2. The second-order valence-electron chi connectivity index (χ2n) is 6.80. The number of benzene rings is 2. The molecule has 0 spiro atoms. The lowest BCUT2D eigenvalue weighted by molar-refractivity contribution is -0.121. The van der Waals surface area contributed by atoms with Gasteiger partial charge in [0.05, 0.1) is 18.1 Å². The Balaban J connectivity index is 1.37. The van der Waals surface area contributed by atoms with Gasteiger partial charge in [-0.2, -0.15) is 0 Å². The molecule has 2 N–H and O–H groups in total. The molecule has 0 saturated heterocycles. The minimum atomic E-state index is -0.264. The Bertz CT molecular complexity index is 1000. The van der Waals surface area contributed by atoms with Gasteiger partial charge in [-0.15, -0.1) is 0 Å². The van der Waals surface area contributed by atoms with Gasteiger partial charge in [0.15, 0.2) is 0 Å². The summed E-state index contributed by atoms with van der Waals surface area (Å²) in [5, 5.41) is 6.65. The molecule has 0 saturated carbocycles. The highest BCUT2D eigenvalue weighted by atomic mass is 16.2. The zero-order chi connectivity index (χ0) is 18.6. The summed E-state index contributed by atoms with van der Waals surface area (Å²) in [6, 6.07) is 17.3. The van der Waals surface area contributed by atoms with Crippen LogP contribution in [0.15, 0.2) is 60.8 Å². The average molecular weight is 359 g/mol. The summed E-state index contributed by atoms with van der Waals surface area (Å²) in [6.07, 6.45) is 4.75. The third-order valence-electron chi connectivity index (χ3n) is 4.98. The lowest BCUT2D eigenvalue weighted by Crippen LogP contribution is -2.39. The number of rotatable bonds is 4. The van der Waals surface area contributed by atoms with Crippen LogP contribution in [0.5, 0.6) is 0 Å². The predicted molar refractivity (Wildman–Crippen MR) is 104 cm³/mol. The van der Waals surface area contributed by atoms with E-state index >= 15 is 0 Å². The van der Waals surface area contributed by atoms with Crippen molar-refractivity contribution in [1.82, 2.24) is 15.6 Å². The Labute approximate surface area is 157 Å². The van der Waals surface area contributed by atoms with Crippen LogP contribution >= 0.6 is 0 Å². The van der Waals surface area contributed by atoms with E-state index in [0.717, 1.165) is 30.2 Å². The molecule has 1 atom stereocenters. The molecule has 0 fully saturated rings. The van der Waals surface area contributed by atoms with Crippen molar-refractivity contribution in [2.24, 2.45) is 0 Å². The van der Waals surface area contributed by atoms with Crippen LogP contribution in [0, 0.1) is 0 Å². The summed E-state index contributed by atoms with van der Waals surface area (Å²) in [4.78, 5) is 28.9.